The summed E-state index contributed by atoms with van der Waals surface area (Å²) in [5, 5.41) is 22.5. The Kier molecular flexibility index (Phi) is 9.64. The Morgan fingerprint density at radius 1 is 1.23 bits per heavy atom. The molecule has 3 aromatic heterocycles. The number of carboxylic acid groups (broad SMARTS) is 1. The number of nitrogens with zero attached hydrogens (tertiary/aromatic N) is 4. The number of carbonyl (C=O) groups is 1. The first-order valence-corrected chi connectivity index (χ1v) is 15.6. The average Bonchev–Trinajstić information content (AvgIpc) is 3.63. The van der Waals surface area contributed by atoms with Crippen LogP contribution in [-0.4, -0.2) is 81.7 Å². The minimum Gasteiger partial charge on any atom is -0.475 e. The van der Waals surface area contributed by atoms with Gasteiger partial charge in [0.1, 0.15) is 5.69 Å². The summed E-state index contributed by atoms with van der Waals surface area (Å²) in [4.78, 5) is 19.0. The van der Waals surface area contributed by atoms with Crippen LogP contribution in [0.2, 0.25) is 4.34 Å². The van der Waals surface area contributed by atoms with Gasteiger partial charge in [0, 0.05) is 18.2 Å². The quantitative estimate of drug-likeness (QED) is 0.268. The van der Waals surface area contributed by atoms with Gasteiger partial charge in [-0.2, -0.15) is 0 Å². The predicted octanol–water partition coefficient (Wildman–Crippen LogP) is 3.74. The highest BCUT2D eigenvalue weighted by molar-refractivity contribution is 7.91. The molecule has 1 fully saturated rings. The van der Waals surface area contributed by atoms with Gasteiger partial charge >= 0.3 is 5.97 Å². The van der Waals surface area contributed by atoms with E-state index >= 15 is 0 Å². The molecule has 11 nitrogen and oxygen atoms in total. The third-order valence-corrected chi connectivity index (χ3v) is 9.57. The van der Waals surface area contributed by atoms with Gasteiger partial charge in [-0.3, -0.25) is 0 Å². The van der Waals surface area contributed by atoms with Crippen LogP contribution >= 0.6 is 22.9 Å². The largest absolute Gasteiger partial charge is 0.475 e. The summed E-state index contributed by atoms with van der Waals surface area (Å²) in [6.45, 7) is 6.37. The molecule has 0 radical (unpaired) electrons. The molecule has 0 atom stereocenters. The Balaban J connectivity index is 0.000000312. The van der Waals surface area contributed by atoms with E-state index in [-0.39, 0.29) is 17.3 Å². The normalized spacial score (nSPS) is 14.9. The number of nitrogens with two attached hydrogens (primary N) is 1. The van der Waals surface area contributed by atoms with Gasteiger partial charge < -0.3 is 29.9 Å². The number of aliphatic hydroxyl groups is 1. The number of rotatable bonds is 8. The lowest BCUT2D eigenvalue weighted by Crippen LogP contribution is -2.42. The number of hydrogen-bond donors (Lipinski definition) is 3. The van der Waals surface area contributed by atoms with Gasteiger partial charge in [0.25, 0.3) is 0 Å². The lowest BCUT2D eigenvalue weighted by Gasteiger charge is -2.32. The molecule has 0 spiro atoms. The number of sulfone groups is 1. The highest BCUT2D eigenvalue weighted by atomic mass is 35.5. The van der Waals surface area contributed by atoms with E-state index in [4.69, 9.17) is 27.0 Å². The van der Waals surface area contributed by atoms with Crippen LogP contribution in [0.3, 0.4) is 0 Å². The fourth-order valence-electron chi connectivity index (χ4n) is 4.40. The third kappa shape index (κ3) is 7.09. The summed E-state index contributed by atoms with van der Waals surface area (Å²) in [6.07, 6.45) is 2.36. The standard InChI is InChI=1S/C18H14ClN3O6S2.C8H18N2/c19-16-4-3-15(29-16)14-7-10(21-28-14)9-22-13-8-11(30(26,27)6-5-23)1-2-12(13)20-17(22)18(24)25;1-7(2)10-5-3-8(9)4-6-10/h1-4,7-8,23H,5-6,9H2,(H,24,25);7-8H,3-6,9H2,1-2H3. The van der Waals surface area contributed by atoms with E-state index in [9.17, 15) is 18.3 Å². The molecular weight excluding hydrogens is 578 g/mol. The van der Waals surface area contributed by atoms with Crippen molar-refractivity contribution in [3.05, 3.63) is 52.3 Å². The molecular formula is C26H32ClN5O6S2. The zero-order valence-electron chi connectivity index (χ0n) is 22.2. The molecule has 216 valence electrons. The van der Waals surface area contributed by atoms with Crippen molar-refractivity contribution in [2.75, 3.05) is 25.4 Å². The molecule has 0 aliphatic carbocycles. The van der Waals surface area contributed by atoms with Crippen molar-refractivity contribution in [1.29, 1.82) is 0 Å². The Morgan fingerprint density at radius 3 is 2.55 bits per heavy atom. The van der Waals surface area contributed by atoms with Crippen LogP contribution in [0.25, 0.3) is 21.7 Å². The number of halogens is 1. The van der Waals surface area contributed by atoms with Crippen LogP contribution in [0, 0.1) is 0 Å². The van der Waals surface area contributed by atoms with E-state index in [1.807, 2.05) is 0 Å². The van der Waals surface area contributed by atoms with Gasteiger partial charge in [-0.05, 0) is 70.1 Å². The highest BCUT2D eigenvalue weighted by Crippen LogP contribution is 2.32. The second-order valence-electron chi connectivity index (χ2n) is 9.77. The Hall–Kier alpha value is -2.81. The van der Waals surface area contributed by atoms with Gasteiger partial charge in [0.2, 0.25) is 5.82 Å². The molecule has 4 aromatic rings. The summed E-state index contributed by atoms with van der Waals surface area (Å²) in [5.41, 5.74) is 6.84. The summed E-state index contributed by atoms with van der Waals surface area (Å²) in [5.74, 6) is -1.48. The van der Waals surface area contributed by atoms with E-state index in [0.29, 0.717) is 38.9 Å². The van der Waals surface area contributed by atoms with Gasteiger partial charge in [-0.1, -0.05) is 16.8 Å². The molecule has 0 bridgehead atoms. The highest BCUT2D eigenvalue weighted by Gasteiger charge is 2.22. The number of likely N-dealkylation sites (tertiary alicyclic amines) is 1. The number of hydrogen-bond acceptors (Lipinski definition) is 10. The van der Waals surface area contributed by atoms with Gasteiger partial charge in [0.15, 0.2) is 15.6 Å². The Labute approximate surface area is 241 Å². The summed E-state index contributed by atoms with van der Waals surface area (Å²) < 4.78 is 31.9. The second kappa shape index (κ2) is 12.8. The van der Waals surface area contributed by atoms with Crippen molar-refractivity contribution in [3.8, 4) is 10.6 Å². The van der Waals surface area contributed by atoms with E-state index in [2.05, 4.69) is 28.9 Å². The molecule has 1 aliphatic rings. The topological polar surface area (TPSA) is 165 Å². The number of piperidine rings is 1. The van der Waals surface area contributed by atoms with Crippen LogP contribution in [0.15, 0.2) is 45.8 Å². The smallest absolute Gasteiger partial charge is 0.372 e. The summed E-state index contributed by atoms with van der Waals surface area (Å²) >= 11 is 7.25. The number of carboxylic acids is 1. The SMILES string of the molecule is CC(C)N1CCC(N)CC1.O=C(O)c1nc2ccc(S(=O)(=O)CCO)cc2n1Cc1cc(-c2ccc(Cl)s2)on1. The maximum absolute atomic E-state index is 12.3. The first-order chi connectivity index (χ1) is 19.0. The minimum absolute atomic E-state index is 0.00421. The van der Waals surface area contributed by atoms with Crippen LogP contribution in [0.1, 0.15) is 43.0 Å². The lowest BCUT2D eigenvalue weighted by molar-refractivity contribution is 0.0679. The van der Waals surface area contributed by atoms with Crippen molar-refractivity contribution >= 4 is 49.8 Å². The molecule has 0 amide bonds. The van der Waals surface area contributed by atoms with E-state index in [1.165, 1.54) is 60.0 Å². The van der Waals surface area contributed by atoms with Crippen LogP contribution in [-0.2, 0) is 16.4 Å². The van der Waals surface area contributed by atoms with E-state index < -0.39 is 28.2 Å². The number of aromatic carboxylic acids is 1. The number of thiophene rings is 1. The second-order valence-corrected chi connectivity index (χ2v) is 13.6. The van der Waals surface area contributed by atoms with Gasteiger partial charge in [0.05, 0.1) is 44.0 Å². The summed E-state index contributed by atoms with van der Waals surface area (Å²) in [6, 6.07) is 10.5. The van der Waals surface area contributed by atoms with Crippen molar-refractivity contribution in [3.63, 3.8) is 0 Å². The predicted molar refractivity (Wildman–Crippen MR) is 154 cm³/mol. The first-order valence-electron chi connectivity index (χ1n) is 12.8. The van der Waals surface area contributed by atoms with Gasteiger partial charge in [-0.25, -0.2) is 18.2 Å². The number of fused-ring (bicyclic) bond motifs is 1. The third-order valence-electron chi connectivity index (χ3n) is 6.63. The molecule has 40 heavy (non-hydrogen) atoms. The van der Waals surface area contributed by atoms with Crippen molar-refractivity contribution in [2.45, 2.75) is 50.2 Å². The summed E-state index contributed by atoms with van der Waals surface area (Å²) in [7, 11) is -3.72. The molecule has 14 heteroatoms. The molecule has 0 unspecified atom stereocenters. The van der Waals surface area contributed by atoms with E-state index in [1.54, 1.807) is 18.2 Å². The Bertz CT molecular complexity index is 1570. The molecule has 5 rings (SSSR count). The molecule has 1 saturated heterocycles. The maximum atomic E-state index is 12.3. The van der Waals surface area contributed by atoms with Crippen LogP contribution in [0.4, 0.5) is 0 Å². The number of benzene rings is 1. The van der Waals surface area contributed by atoms with Crippen molar-refractivity contribution < 1.29 is 27.9 Å². The molecule has 1 aliphatic heterocycles. The minimum atomic E-state index is -3.72. The first kappa shape index (κ1) is 30.2. The zero-order chi connectivity index (χ0) is 29.0. The van der Waals surface area contributed by atoms with Crippen molar-refractivity contribution in [2.24, 2.45) is 5.73 Å². The number of aromatic nitrogens is 3. The molecule has 0 saturated carbocycles. The van der Waals surface area contributed by atoms with E-state index in [0.717, 1.165) is 4.88 Å². The maximum Gasteiger partial charge on any atom is 0.372 e. The number of imidazole rings is 1. The average molecular weight is 610 g/mol. The molecule has 4 heterocycles. The fraction of sp³-hybridized carbons (Fsp3) is 0.423. The molecule has 4 N–H and O–H groups in total. The fourth-order valence-corrected chi connectivity index (χ4v) is 6.44. The monoisotopic (exact) mass is 609 g/mol. The lowest BCUT2D eigenvalue weighted by atomic mass is 10.1. The van der Waals surface area contributed by atoms with Crippen LogP contribution in [0.5, 0.6) is 0 Å². The molecule has 1 aromatic carbocycles. The van der Waals surface area contributed by atoms with Crippen LogP contribution < -0.4 is 5.73 Å². The Morgan fingerprint density at radius 2 is 1.95 bits per heavy atom. The number of aliphatic hydroxyl groups excluding tert-OH is 1. The van der Waals surface area contributed by atoms with Gasteiger partial charge in [-0.15, -0.1) is 11.3 Å². The van der Waals surface area contributed by atoms with Crippen molar-refractivity contribution in [1.82, 2.24) is 19.6 Å². The zero-order valence-corrected chi connectivity index (χ0v) is 24.5.